The molecule has 1 unspecified atom stereocenters. The first-order valence-corrected chi connectivity index (χ1v) is 8.29. The van der Waals surface area contributed by atoms with E-state index in [1.807, 2.05) is 31.4 Å². The van der Waals surface area contributed by atoms with E-state index in [4.69, 9.17) is 5.73 Å². The van der Waals surface area contributed by atoms with Crippen molar-refractivity contribution in [1.82, 2.24) is 20.2 Å². The van der Waals surface area contributed by atoms with Crippen LogP contribution in [0.2, 0.25) is 0 Å². The highest BCUT2D eigenvalue weighted by atomic mass is 16.1. The summed E-state index contributed by atoms with van der Waals surface area (Å²) in [7, 11) is 3.86. The molecule has 1 atom stereocenters. The SMILES string of the molecule is CN(C)c1ncc(CN2CCCCC2CNC(=O)CCN)cn1. The van der Waals surface area contributed by atoms with Crippen LogP contribution >= 0.6 is 0 Å². The first-order chi connectivity index (χ1) is 11.1. The van der Waals surface area contributed by atoms with Gasteiger partial charge in [0.05, 0.1) is 0 Å². The van der Waals surface area contributed by atoms with Crippen molar-refractivity contribution in [2.45, 2.75) is 38.3 Å². The van der Waals surface area contributed by atoms with E-state index >= 15 is 0 Å². The number of nitrogens with two attached hydrogens (primary N) is 1. The molecule has 1 fully saturated rings. The molecule has 7 nitrogen and oxygen atoms in total. The highest BCUT2D eigenvalue weighted by Crippen LogP contribution is 2.19. The van der Waals surface area contributed by atoms with E-state index in [1.54, 1.807) is 0 Å². The van der Waals surface area contributed by atoms with Crippen molar-refractivity contribution in [2.24, 2.45) is 5.73 Å². The van der Waals surface area contributed by atoms with Gasteiger partial charge < -0.3 is 16.0 Å². The predicted octanol–water partition coefficient (Wildman–Crippen LogP) is 0.362. The summed E-state index contributed by atoms with van der Waals surface area (Å²) in [5.74, 6) is 0.759. The van der Waals surface area contributed by atoms with Gasteiger partial charge in [0, 0.05) is 64.1 Å². The molecule has 0 bridgehead atoms. The molecule has 0 radical (unpaired) electrons. The molecule has 1 amide bonds. The molecule has 0 aliphatic carbocycles. The van der Waals surface area contributed by atoms with Gasteiger partial charge >= 0.3 is 0 Å². The number of hydrogen-bond donors (Lipinski definition) is 2. The number of anilines is 1. The van der Waals surface area contributed by atoms with Crippen molar-refractivity contribution in [1.29, 1.82) is 0 Å². The summed E-state index contributed by atoms with van der Waals surface area (Å²) in [6, 6.07) is 0.374. The van der Waals surface area contributed by atoms with Crippen molar-refractivity contribution < 1.29 is 4.79 Å². The average Bonchev–Trinajstić information content (AvgIpc) is 2.55. The van der Waals surface area contributed by atoms with E-state index < -0.39 is 0 Å². The molecule has 0 saturated carbocycles. The van der Waals surface area contributed by atoms with Gasteiger partial charge in [-0.15, -0.1) is 0 Å². The van der Waals surface area contributed by atoms with Crippen LogP contribution < -0.4 is 16.0 Å². The number of carbonyl (C=O) groups excluding carboxylic acids is 1. The molecular formula is C16H28N6O. The molecule has 2 heterocycles. The lowest BCUT2D eigenvalue weighted by molar-refractivity contribution is -0.121. The Kier molecular flexibility index (Phi) is 6.73. The zero-order valence-corrected chi connectivity index (χ0v) is 14.2. The lowest BCUT2D eigenvalue weighted by atomic mass is 10.0. The molecule has 128 valence electrons. The summed E-state index contributed by atoms with van der Waals surface area (Å²) >= 11 is 0. The van der Waals surface area contributed by atoms with Crippen molar-refractivity contribution in [3.8, 4) is 0 Å². The summed E-state index contributed by atoms with van der Waals surface area (Å²) in [5, 5.41) is 2.99. The number of amides is 1. The zero-order valence-electron chi connectivity index (χ0n) is 14.2. The van der Waals surface area contributed by atoms with Crippen molar-refractivity contribution in [2.75, 3.05) is 38.6 Å². The molecule has 0 aromatic carbocycles. The Morgan fingerprint density at radius 2 is 2.13 bits per heavy atom. The number of carbonyl (C=O) groups is 1. The molecule has 1 aromatic rings. The fraction of sp³-hybridized carbons (Fsp3) is 0.688. The van der Waals surface area contributed by atoms with Gasteiger partial charge in [0.1, 0.15) is 0 Å². The number of nitrogens with one attached hydrogen (secondary N) is 1. The fourth-order valence-electron chi connectivity index (χ4n) is 2.85. The van der Waals surface area contributed by atoms with Crippen LogP contribution in [0.1, 0.15) is 31.2 Å². The third kappa shape index (κ3) is 5.44. The van der Waals surface area contributed by atoms with E-state index in [-0.39, 0.29) is 5.91 Å². The minimum absolute atomic E-state index is 0.0386. The maximum atomic E-state index is 11.6. The van der Waals surface area contributed by atoms with Crippen molar-refractivity contribution in [3.05, 3.63) is 18.0 Å². The molecule has 1 aromatic heterocycles. The van der Waals surface area contributed by atoms with E-state index in [9.17, 15) is 4.79 Å². The number of aromatic nitrogens is 2. The lowest BCUT2D eigenvalue weighted by Crippen LogP contribution is -2.46. The van der Waals surface area contributed by atoms with Gasteiger partial charge in [-0.25, -0.2) is 9.97 Å². The molecular weight excluding hydrogens is 292 g/mol. The number of likely N-dealkylation sites (tertiary alicyclic amines) is 1. The Balaban J connectivity index is 1.91. The number of piperidine rings is 1. The van der Waals surface area contributed by atoms with Crippen LogP contribution in [0.15, 0.2) is 12.4 Å². The van der Waals surface area contributed by atoms with Gasteiger partial charge in [0.15, 0.2) is 0 Å². The topological polar surface area (TPSA) is 87.4 Å². The summed E-state index contributed by atoms with van der Waals surface area (Å²) in [5.41, 5.74) is 6.52. The highest BCUT2D eigenvalue weighted by molar-refractivity contribution is 5.76. The first-order valence-electron chi connectivity index (χ1n) is 8.29. The molecule has 1 aliphatic heterocycles. The molecule has 1 aliphatic rings. The normalized spacial score (nSPS) is 18.7. The van der Waals surface area contributed by atoms with E-state index in [2.05, 4.69) is 20.2 Å². The van der Waals surface area contributed by atoms with E-state index in [1.165, 1.54) is 12.8 Å². The Labute approximate surface area is 138 Å². The quantitative estimate of drug-likeness (QED) is 0.754. The van der Waals surface area contributed by atoms with Gasteiger partial charge in [0.2, 0.25) is 11.9 Å². The van der Waals surface area contributed by atoms with E-state index in [0.29, 0.717) is 25.6 Å². The minimum atomic E-state index is 0.0386. The van der Waals surface area contributed by atoms with Crippen molar-refractivity contribution >= 4 is 11.9 Å². The maximum Gasteiger partial charge on any atom is 0.224 e. The lowest BCUT2D eigenvalue weighted by Gasteiger charge is -2.35. The second-order valence-corrected chi connectivity index (χ2v) is 6.25. The van der Waals surface area contributed by atoms with Gasteiger partial charge in [-0.3, -0.25) is 9.69 Å². The van der Waals surface area contributed by atoms with Crippen molar-refractivity contribution in [3.63, 3.8) is 0 Å². The standard InChI is InChI=1S/C16H28N6O/c1-21(2)16-19-9-13(10-20-16)12-22-8-4-3-5-14(22)11-18-15(23)6-7-17/h9-10,14H,3-8,11-12,17H2,1-2H3,(H,18,23). The van der Waals surface area contributed by atoms with Crippen LogP contribution in [0, 0.1) is 0 Å². The molecule has 3 N–H and O–H groups in total. The Morgan fingerprint density at radius 3 is 2.78 bits per heavy atom. The monoisotopic (exact) mass is 320 g/mol. The van der Waals surface area contributed by atoms with Gasteiger partial charge in [-0.1, -0.05) is 6.42 Å². The van der Waals surface area contributed by atoms with Crippen LogP contribution in [0.25, 0.3) is 0 Å². The van der Waals surface area contributed by atoms with Crippen LogP contribution in [0.3, 0.4) is 0 Å². The predicted molar refractivity (Wildman–Crippen MR) is 91.1 cm³/mol. The number of nitrogens with zero attached hydrogens (tertiary/aromatic N) is 4. The smallest absolute Gasteiger partial charge is 0.224 e. The Hall–Kier alpha value is -1.73. The Morgan fingerprint density at radius 1 is 1.39 bits per heavy atom. The van der Waals surface area contributed by atoms with E-state index in [0.717, 1.165) is 31.0 Å². The Bertz CT molecular complexity index is 490. The molecule has 23 heavy (non-hydrogen) atoms. The summed E-state index contributed by atoms with van der Waals surface area (Å²) in [4.78, 5) is 24.7. The van der Waals surface area contributed by atoms with Crippen LogP contribution in [-0.4, -0.2) is 60.5 Å². The second-order valence-electron chi connectivity index (χ2n) is 6.25. The van der Waals surface area contributed by atoms with Gasteiger partial charge in [0.25, 0.3) is 0 Å². The van der Waals surface area contributed by atoms with Gasteiger partial charge in [-0.05, 0) is 19.4 Å². The molecule has 2 rings (SSSR count). The highest BCUT2D eigenvalue weighted by Gasteiger charge is 2.23. The summed E-state index contributed by atoms with van der Waals surface area (Å²) in [6.45, 7) is 2.96. The maximum absolute atomic E-state index is 11.6. The van der Waals surface area contributed by atoms with Crippen LogP contribution in [0.4, 0.5) is 5.95 Å². The minimum Gasteiger partial charge on any atom is -0.354 e. The second kappa shape index (κ2) is 8.79. The molecule has 7 heteroatoms. The van der Waals surface area contributed by atoms with Crippen LogP contribution in [-0.2, 0) is 11.3 Å². The number of rotatable bonds is 7. The van der Waals surface area contributed by atoms with Gasteiger partial charge in [-0.2, -0.15) is 0 Å². The largest absolute Gasteiger partial charge is 0.354 e. The summed E-state index contributed by atoms with van der Waals surface area (Å²) in [6.07, 6.45) is 7.70. The third-order valence-corrected chi connectivity index (χ3v) is 4.13. The molecule has 0 spiro atoms. The fourth-order valence-corrected chi connectivity index (χ4v) is 2.85. The zero-order chi connectivity index (χ0) is 16.7. The number of hydrogen-bond acceptors (Lipinski definition) is 6. The van der Waals surface area contributed by atoms with Crippen LogP contribution in [0.5, 0.6) is 0 Å². The first kappa shape index (κ1) is 17.6. The molecule has 1 saturated heterocycles. The average molecular weight is 320 g/mol. The summed E-state index contributed by atoms with van der Waals surface area (Å²) < 4.78 is 0. The third-order valence-electron chi connectivity index (χ3n) is 4.13.